The normalized spacial score (nSPS) is 16.7. The molecular weight excluding hydrogens is 457 g/mol. The van der Waals surface area contributed by atoms with E-state index in [4.69, 9.17) is 4.74 Å². The van der Waals surface area contributed by atoms with E-state index in [1.807, 2.05) is 30.3 Å². The van der Waals surface area contributed by atoms with Gasteiger partial charge in [0.1, 0.15) is 11.6 Å². The third kappa shape index (κ3) is 5.88. The van der Waals surface area contributed by atoms with Gasteiger partial charge < -0.3 is 9.64 Å². The van der Waals surface area contributed by atoms with Crippen molar-refractivity contribution in [3.63, 3.8) is 0 Å². The van der Waals surface area contributed by atoms with Crippen molar-refractivity contribution in [3.05, 3.63) is 101 Å². The van der Waals surface area contributed by atoms with E-state index in [-0.39, 0.29) is 29.8 Å². The van der Waals surface area contributed by atoms with Crippen LogP contribution in [0.1, 0.15) is 27.9 Å². The second-order valence-electron chi connectivity index (χ2n) is 8.21. The molecule has 0 radical (unpaired) electrons. The van der Waals surface area contributed by atoms with Gasteiger partial charge in [-0.25, -0.2) is 12.8 Å². The molecule has 3 aromatic carbocycles. The number of nitrogens with zero attached hydrogens (tertiary/aromatic N) is 1. The van der Waals surface area contributed by atoms with Crippen LogP contribution in [-0.2, 0) is 21.2 Å². The first-order valence-corrected chi connectivity index (χ1v) is 12.7. The zero-order chi connectivity index (χ0) is 24.1. The van der Waals surface area contributed by atoms with Gasteiger partial charge in [-0.1, -0.05) is 30.3 Å². The Kier molecular flexibility index (Phi) is 7.07. The van der Waals surface area contributed by atoms with E-state index < -0.39 is 21.7 Å². The maximum absolute atomic E-state index is 13.1. The lowest BCUT2D eigenvalue weighted by molar-refractivity contribution is -0.136. The topological polar surface area (TPSA) is 80.8 Å². The summed E-state index contributed by atoms with van der Waals surface area (Å²) in [7, 11) is -3.16. The lowest BCUT2D eigenvalue weighted by atomic mass is 10.0. The lowest BCUT2D eigenvalue weighted by Crippen LogP contribution is -2.43. The molecule has 0 bridgehead atoms. The molecule has 0 saturated carbocycles. The molecule has 34 heavy (non-hydrogen) atoms. The highest BCUT2D eigenvalue weighted by Gasteiger charge is 2.34. The summed E-state index contributed by atoms with van der Waals surface area (Å²) in [6.07, 6.45) is 0.404. The Balaban J connectivity index is 1.41. The Morgan fingerprint density at radius 3 is 2.12 bits per heavy atom. The number of sulfone groups is 1. The average molecular weight is 482 g/mol. The molecule has 1 saturated heterocycles. The van der Waals surface area contributed by atoms with Gasteiger partial charge in [0.25, 0.3) is 5.91 Å². The van der Waals surface area contributed by atoms with Gasteiger partial charge >= 0.3 is 0 Å². The van der Waals surface area contributed by atoms with Crippen LogP contribution in [0.15, 0.2) is 78.9 Å². The maximum atomic E-state index is 13.1. The van der Waals surface area contributed by atoms with E-state index in [0.717, 1.165) is 5.56 Å². The highest BCUT2D eigenvalue weighted by Crippen LogP contribution is 2.21. The Bertz CT molecular complexity index is 1260. The number of ketones is 1. The summed E-state index contributed by atoms with van der Waals surface area (Å²) < 4.78 is 42.7. The minimum absolute atomic E-state index is 0.0498. The molecular formula is C26H24FNO5S. The highest BCUT2D eigenvalue weighted by molar-refractivity contribution is 7.91. The van der Waals surface area contributed by atoms with E-state index in [0.29, 0.717) is 29.8 Å². The first-order chi connectivity index (χ1) is 16.3. The Morgan fingerprint density at radius 2 is 1.53 bits per heavy atom. The predicted octanol–water partition coefficient (Wildman–Crippen LogP) is 3.65. The van der Waals surface area contributed by atoms with Crippen molar-refractivity contribution in [2.45, 2.75) is 19.0 Å². The molecule has 0 N–H and O–H groups in total. The van der Waals surface area contributed by atoms with Crippen LogP contribution >= 0.6 is 0 Å². The molecule has 1 atom stereocenters. The van der Waals surface area contributed by atoms with Crippen molar-refractivity contribution in [2.24, 2.45) is 0 Å². The molecule has 1 heterocycles. The second-order valence-corrected chi connectivity index (χ2v) is 10.4. The molecule has 8 heteroatoms. The molecule has 3 aromatic rings. The number of halogens is 1. The third-order valence-electron chi connectivity index (χ3n) is 5.75. The number of ether oxygens (including phenoxy) is 1. The van der Waals surface area contributed by atoms with Crippen molar-refractivity contribution in [2.75, 3.05) is 18.1 Å². The minimum atomic E-state index is -3.16. The number of benzene rings is 3. The smallest absolute Gasteiger partial charge is 0.261 e. The van der Waals surface area contributed by atoms with Gasteiger partial charge in [0.15, 0.2) is 22.2 Å². The molecule has 6 nitrogen and oxygen atoms in total. The number of carbonyl (C=O) groups excluding carboxylic acids is 2. The summed E-state index contributed by atoms with van der Waals surface area (Å²) in [5.41, 5.74) is 1.68. The third-order valence-corrected chi connectivity index (χ3v) is 7.50. The first kappa shape index (κ1) is 23.6. The fourth-order valence-corrected chi connectivity index (χ4v) is 5.65. The van der Waals surface area contributed by atoms with Crippen LogP contribution < -0.4 is 4.74 Å². The van der Waals surface area contributed by atoms with Gasteiger partial charge in [-0.05, 0) is 60.5 Å². The fourth-order valence-electron chi connectivity index (χ4n) is 3.92. The van der Waals surface area contributed by atoms with Crippen molar-refractivity contribution in [1.82, 2.24) is 4.90 Å². The predicted molar refractivity (Wildman–Crippen MR) is 126 cm³/mol. The van der Waals surface area contributed by atoms with E-state index in [2.05, 4.69) is 0 Å². The summed E-state index contributed by atoms with van der Waals surface area (Å²) >= 11 is 0. The maximum Gasteiger partial charge on any atom is 0.261 e. The summed E-state index contributed by atoms with van der Waals surface area (Å²) in [6.45, 7) is 0.0446. The van der Waals surface area contributed by atoms with Crippen molar-refractivity contribution in [1.29, 1.82) is 0 Å². The van der Waals surface area contributed by atoms with Crippen LogP contribution in [0.25, 0.3) is 0 Å². The zero-order valence-electron chi connectivity index (χ0n) is 18.4. The van der Waals surface area contributed by atoms with Crippen LogP contribution in [0.5, 0.6) is 5.75 Å². The van der Waals surface area contributed by atoms with Gasteiger partial charge in [0, 0.05) is 23.7 Å². The second kappa shape index (κ2) is 10.2. The van der Waals surface area contributed by atoms with Gasteiger partial charge in [0.05, 0.1) is 11.5 Å². The summed E-state index contributed by atoms with van der Waals surface area (Å²) in [4.78, 5) is 27.1. The molecule has 1 amide bonds. The monoisotopic (exact) mass is 481 g/mol. The molecule has 0 aromatic heterocycles. The number of hydrogen-bond donors (Lipinski definition) is 0. The molecule has 176 valence electrons. The minimum Gasteiger partial charge on any atom is -0.484 e. The highest BCUT2D eigenvalue weighted by atomic mass is 32.2. The number of hydrogen-bond acceptors (Lipinski definition) is 5. The standard InChI is InChI=1S/C26H24FNO5S/c27-22-10-6-20(7-11-22)26(30)21-8-12-24(13-9-21)33-17-25(29)28(16-19-4-2-1-3-5-19)23-14-15-34(31,32)18-23/h1-13,23H,14-18H2/t23-/m0/s1. The van der Waals surface area contributed by atoms with Crippen molar-refractivity contribution in [3.8, 4) is 5.75 Å². The number of rotatable bonds is 8. The molecule has 1 fully saturated rings. The van der Waals surface area contributed by atoms with Gasteiger partial charge in [-0.15, -0.1) is 0 Å². The number of carbonyl (C=O) groups is 2. The average Bonchev–Trinajstić information content (AvgIpc) is 3.21. The molecule has 1 aliphatic rings. The van der Waals surface area contributed by atoms with Crippen LogP contribution in [0.2, 0.25) is 0 Å². The zero-order valence-corrected chi connectivity index (χ0v) is 19.2. The summed E-state index contributed by atoms with van der Waals surface area (Å²) in [6, 6.07) is 20.6. The SMILES string of the molecule is O=C(c1ccc(F)cc1)c1ccc(OCC(=O)N(Cc2ccccc2)[C@H]2CCS(=O)(=O)C2)cc1. The summed E-state index contributed by atoms with van der Waals surface area (Å²) in [5, 5.41) is 0. The Labute approximate surface area is 197 Å². The van der Waals surface area contributed by atoms with E-state index in [1.165, 1.54) is 24.3 Å². The summed E-state index contributed by atoms with van der Waals surface area (Å²) in [5.74, 6) is -0.549. The Hall–Kier alpha value is -3.52. The first-order valence-electron chi connectivity index (χ1n) is 10.9. The van der Waals surface area contributed by atoms with Gasteiger partial charge in [0.2, 0.25) is 0 Å². The number of amides is 1. The molecule has 1 aliphatic heterocycles. The molecule has 0 spiro atoms. The lowest BCUT2D eigenvalue weighted by Gasteiger charge is -2.28. The fraction of sp³-hybridized carbons (Fsp3) is 0.231. The van der Waals surface area contributed by atoms with Crippen LogP contribution in [0.4, 0.5) is 4.39 Å². The van der Waals surface area contributed by atoms with E-state index in [1.54, 1.807) is 29.2 Å². The van der Waals surface area contributed by atoms with E-state index >= 15 is 0 Å². The van der Waals surface area contributed by atoms with E-state index in [9.17, 15) is 22.4 Å². The Morgan fingerprint density at radius 1 is 0.912 bits per heavy atom. The quantitative estimate of drug-likeness (QED) is 0.459. The van der Waals surface area contributed by atoms with Crippen LogP contribution in [0, 0.1) is 5.82 Å². The molecule has 0 unspecified atom stereocenters. The largest absolute Gasteiger partial charge is 0.484 e. The van der Waals surface area contributed by atoms with Crippen LogP contribution in [0.3, 0.4) is 0 Å². The van der Waals surface area contributed by atoms with Crippen molar-refractivity contribution >= 4 is 21.5 Å². The van der Waals surface area contributed by atoms with Gasteiger partial charge in [-0.3, -0.25) is 9.59 Å². The van der Waals surface area contributed by atoms with Crippen LogP contribution in [-0.4, -0.2) is 49.2 Å². The molecule has 0 aliphatic carbocycles. The van der Waals surface area contributed by atoms with Crippen molar-refractivity contribution < 1.29 is 27.1 Å². The molecule has 4 rings (SSSR count). The van der Waals surface area contributed by atoms with Gasteiger partial charge in [-0.2, -0.15) is 0 Å².